The van der Waals surface area contributed by atoms with Crippen LogP contribution in [0.2, 0.25) is 0 Å². The van der Waals surface area contributed by atoms with E-state index in [-0.39, 0.29) is 12.5 Å². The Hall–Kier alpha value is -1.13. The van der Waals surface area contributed by atoms with Crippen molar-refractivity contribution < 1.29 is 15.0 Å². The number of unbranched alkanes of at least 4 members (excludes halogenated alkanes) is 25. The number of carbonyl (C=O) groups excluding carboxylic acids is 1. The summed E-state index contributed by atoms with van der Waals surface area (Å²) in [5.41, 5.74) is 0. The first-order chi connectivity index (χ1) is 21.7. The van der Waals surface area contributed by atoms with Gasteiger partial charge in [-0.3, -0.25) is 4.79 Å². The number of amides is 1. The van der Waals surface area contributed by atoms with Crippen LogP contribution in [0.25, 0.3) is 0 Å². The normalized spacial score (nSPS) is 13.3. The average Bonchev–Trinajstić information content (AvgIpc) is 3.03. The lowest BCUT2D eigenvalue weighted by atomic mass is 10.0. The zero-order chi connectivity index (χ0) is 32.2. The van der Waals surface area contributed by atoms with Crippen LogP contribution in [0.1, 0.15) is 206 Å². The molecule has 0 bridgehead atoms. The first-order valence-electron chi connectivity index (χ1n) is 19.6. The molecule has 0 aromatic carbocycles. The van der Waals surface area contributed by atoms with Gasteiger partial charge in [0.2, 0.25) is 5.91 Å². The second kappa shape index (κ2) is 36.3. The molecule has 0 aromatic rings. The van der Waals surface area contributed by atoms with Crippen molar-refractivity contribution in [1.29, 1.82) is 0 Å². The molecule has 0 saturated heterocycles. The molecule has 260 valence electrons. The van der Waals surface area contributed by atoms with E-state index in [0.29, 0.717) is 12.8 Å². The second-order valence-corrected chi connectivity index (χ2v) is 13.4. The summed E-state index contributed by atoms with van der Waals surface area (Å²) >= 11 is 0. The average molecular weight is 620 g/mol. The minimum Gasteiger partial charge on any atom is -0.394 e. The Labute approximate surface area is 275 Å². The van der Waals surface area contributed by atoms with Crippen LogP contribution >= 0.6 is 0 Å². The molecule has 44 heavy (non-hydrogen) atoms. The molecule has 0 rings (SSSR count). The molecule has 0 aliphatic heterocycles. The summed E-state index contributed by atoms with van der Waals surface area (Å²) in [6.45, 7) is 4.32. The Morgan fingerprint density at radius 3 is 1.36 bits per heavy atom. The monoisotopic (exact) mass is 620 g/mol. The van der Waals surface area contributed by atoms with Crippen LogP contribution in [0.15, 0.2) is 24.3 Å². The SMILES string of the molecule is CCCCC/C=C\C=C/CCCCCCCCC(=O)NC(CO)C(O)CCCCCCCCCCCCCCCCCCC. The van der Waals surface area contributed by atoms with Gasteiger partial charge < -0.3 is 15.5 Å². The number of hydrogen-bond acceptors (Lipinski definition) is 3. The summed E-state index contributed by atoms with van der Waals surface area (Å²) in [5.74, 6) is -0.0432. The third kappa shape index (κ3) is 32.3. The molecule has 0 aliphatic carbocycles. The maximum absolute atomic E-state index is 12.3. The van der Waals surface area contributed by atoms with Gasteiger partial charge >= 0.3 is 0 Å². The van der Waals surface area contributed by atoms with Crippen LogP contribution in [0.4, 0.5) is 0 Å². The fourth-order valence-electron chi connectivity index (χ4n) is 5.94. The van der Waals surface area contributed by atoms with Crippen molar-refractivity contribution in [2.45, 2.75) is 219 Å². The highest BCUT2D eigenvalue weighted by molar-refractivity contribution is 5.76. The smallest absolute Gasteiger partial charge is 0.220 e. The predicted octanol–water partition coefficient (Wildman–Crippen LogP) is 11.7. The Morgan fingerprint density at radius 2 is 0.909 bits per heavy atom. The largest absolute Gasteiger partial charge is 0.394 e. The minimum atomic E-state index is -0.661. The van der Waals surface area contributed by atoms with Gasteiger partial charge in [-0.25, -0.2) is 0 Å². The molecule has 2 atom stereocenters. The quantitative estimate of drug-likeness (QED) is 0.0488. The topological polar surface area (TPSA) is 69.6 Å². The lowest BCUT2D eigenvalue weighted by molar-refractivity contribution is -0.123. The fourth-order valence-corrected chi connectivity index (χ4v) is 5.94. The maximum Gasteiger partial charge on any atom is 0.220 e. The van der Waals surface area contributed by atoms with Crippen LogP contribution in [0, 0.1) is 0 Å². The van der Waals surface area contributed by atoms with Crippen molar-refractivity contribution in [2.75, 3.05) is 6.61 Å². The first kappa shape index (κ1) is 42.9. The van der Waals surface area contributed by atoms with Crippen molar-refractivity contribution in [2.24, 2.45) is 0 Å². The Bertz CT molecular complexity index is 632. The van der Waals surface area contributed by atoms with Crippen LogP contribution in [0.3, 0.4) is 0 Å². The van der Waals surface area contributed by atoms with Crippen molar-refractivity contribution >= 4 is 5.91 Å². The number of allylic oxidation sites excluding steroid dienone is 4. The van der Waals surface area contributed by atoms with E-state index in [4.69, 9.17) is 0 Å². The standard InChI is InChI=1S/C40H77NO3/c1-3-5-7-9-11-13-15-17-19-20-22-23-25-27-29-31-33-35-39(43)38(37-42)41-40(44)36-34-32-30-28-26-24-21-18-16-14-12-10-8-6-4-2/h12,14,16,18,38-39,42-43H,3-11,13,15,17,19-37H2,1-2H3,(H,41,44)/b14-12-,18-16-. The van der Waals surface area contributed by atoms with Crippen LogP contribution in [-0.4, -0.2) is 34.9 Å². The molecule has 2 unspecified atom stereocenters. The van der Waals surface area contributed by atoms with Gasteiger partial charge in [0.25, 0.3) is 0 Å². The van der Waals surface area contributed by atoms with E-state index >= 15 is 0 Å². The molecular formula is C40H77NO3. The van der Waals surface area contributed by atoms with E-state index < -0.39 is 12.1 Å². The van der Waals surface area contributed by atoms with Crippen molar-refractivity contribution in [3.63, 3.8) is 0 Å². The Kier molecular flexibility index (Phi) is 35.4. The van der Waals surface area contributed by atoms with Gasteiger partial charge in [0, 0.05) is 6.42 Å². The van der Waals surface area contributed by atoms with Gasteiger partial charge in [-0.1, -0.05) is 186 Å². The molecule has 0 radical (unpaired) electrons. The molecule has 0 heterocycles. The summed E-state index contributed by atoms with van der Waals surface area (Å²) in [6.07, 6.45) is 45.2. The molecule has 0 spiro atoms. The van der Waals surface area contributed by atoms with E-state index in [9.17, 15) is 15.0 Å². The highest BCUT2D eigenvalue weighted by Gasteiger charge is 2.19. The molecule has 4 heteroatoms. The lowest BCUT2D eigenvalue weighted by Gasteiger charge is -2.22. The molecule has 4 nitrogen and oxygen atoms in total. The third-order valence-electron chi connectivity index (χ3n) is 8.99. The number of nitrogens with one attached hydrogen (secondary N) is 1. The van der Waals surface area contributed by atoms with E-state index in [1.54, 1.807) is 0 Å². The molecule has 0 fully saturated rings. The number of carbonyl (C=O) groups is 1. The summed E-state index contributed by atoms with van der Waals surface area (Å²) in [5, 5.41) is 23.1. The minimum absolute atomic E-state index is 0.0432. The summed E-state index contributed by atoms with van der Waals surface area (Å²) in [4.78, 5) is 12.3. The molecule has 3 N–H and O–H groups in total. The molecule has 1 amide bonds. The number of aliphatic hydroxyl groups is 2. The predicted molar refractivity (Wildman–Crippen MR) is 193 cm³/mol. The first-order valence-corrected chi connectivity index (χ1v) is 19.6. The third-order valence-corrected chi connectivity index (χ3v) is 8.99. The van der Waals surface area contributed by atoms with E-state index in [0.717, 1.165) is 32.1 Å². The van der Waals surface area contributed by atoms with Crippen molar-refractivity contribution in [3.05, 3.63) is 24.3 Å². The molecule has 0 saturated carbocycles. The van der Waals surface area contributed by atoms with Crippen LogP contribution < -0.4 is 5.32 Å². The number of hydrogen-bond donors (Lipinski definition) is 3. The summed E-state index contributed by atoms with van der Waals surface area (Å²) in [6, 6.07) is -0.539. The highest BCUT2D eigenvalue weighted by Crippen LogP contribution is 2.15. The number of aliphatic hydroxyl groups excluding tert-OH is 2. The van der Waals surface area contributed by atoms with Crippen molar-refractivity contribution in [1.82, 2.24) is 5.32 Å². The second-order valence-electron chi connectivity index (χ2n) is 13.4. The van der Waals surface area contributed by atoms with Crippen molar-refractivity contribution in [3.8, 4) is 0 Å². The Morgan fingerprint density at radius 1 is 0.545 bits per heavy atom. The highest BCUT2D eigenvalue weighted by atomic mass is 16.3. The zero-order valence-electron chi connectivity index (χ0n) is 29.7. The van der Waals surface area contributed by atoms with Gasteiger partial charge in [-0.2, -0.15) is 0 Å². The molecular weight excluding hydrogens is 542 g/mol. The van der Waals surface area contributed by atoms with E-state index in [1.165, 1.54) is 148 Å². The summed E-state index contributed by atoms with van der Waals surface area (Å²) in [7, 11) is 0. The van der Waals surface area contributed by atoms with Gasteiger partial charge in [0.1, 0.15) is 0 Å². The van der Waals surface area contributed by atoms with Gasteiger partial charge in [-0.15, -0.1) is 0 Å². The maximum atomic E-state index is 12.3. The van der Waals surface area contributed by atoms with E-state index in [2.05, 4.69) is 43.5 Å². The molecule has 0 aromatic heterocycles. The number of rotatable bonds is 35. The van der Waals surface area contributed by atoms with Gasteiger partial charge in [0.15, 0.2) is 0 Å². The van der Waals surface area contributed by atoms with Crippen LogP contribution in [-0.2, 0) is 4.79 Å². The Balaban J connectivity index is 3.56. The van der Waals surface area contributed by atoms with Gasteiger partial charge in [0.05, 0.1) is 18.8 Å². The van der Waals surface area contributed by atoms with E-state index in [1.807, 2.05) is 0 Å². The lowest BCUT2D eigenvalue weighted by Crippen LogP contribution is -2.45. The molecule has 0 aliphatic rings. The summed E-state index contributed by atoms with van der Waals surface area (Å²) < 4.78 is 0. The van der Waals surface area contributed by atoms with Gasteiger partial charge in [-0.05, 0) is 38.5 Å². The zero-order valence-corrected chi connectivity index (χ0v) is 29.7. The fraction of sp³-hybridized carbons (Fsp3) is 0.875. The van der Waals surface area contributed by atoms with Crippen LogP contribution in [0.5, 0.6) is 0 Å².